The molecule has 0 aliphatic rings. The molecule has 0 fully saturated rings. The number of carboxylic acids is 3. The molecule has 0 heterocycles. The first-order chi connectivity index (χ1) is 15.3. The Kier molecular flexibility index (Phi) is 18.6. The molecule has 186 valence electrons. The maximum Gasteiger partial charge on any atom is 0.303 e. The van der Waals surface area contributed by atoms with Gasteiger partial charge in [0.15, 0.2) is 0 Å². The van der Waals surface area contributed by atoms with Crippen LogP contribution >= 0.6 is 0 Å². The molecule has 0 bridgehead atoms. The molecule has 0 atom stereocenters. The Morgan fingerprint density at radius 2 is 1.16 bits per heavy atom. The van der Waals surface area contributed by atoms with Crippen molar-refractivity contribution in [2.75, 3.05) is 26.2 Å². The van der Waals surface area contributed by atoms with E-state index >= 15 is 0 Å². The van der Waals surface area contributed by atoms with Gasteiger partial charge in [-0.15, -0.1) is 0 Å². The minimum atomic E-state index is -1.03. The minimum absolute atomic E-state index is 0.0513. The van der Waals surface area contributed by atoms with Crippen LogP contribution in [0.3, 0.4) is 0 Å². The molecule has 7 nitrogen and oxygen atoms in total. The van der Waals surface area contributed by atoms with Gasteiger partial charge in [0.25, 0.3) is 0 Å². The van der Waals surface area contributed by atoms with E-state index in [4.69, 9.17) is 10.2 Å². The Labute approximate surface area is 194 Å². The zero-order chi connectivity index (χ0) is 24.1. The number of allylic oxidation sites excluding steroid dienone is 1. The lowest BCUT2D eigenvalue weighted by Gasteiger charge is -2.39. The zero-order valence-corrected chi connectivity index (χ0v) is 20.1. The lowest BCUT2D eigenvalue weighted by molar-refractivity contribution is -0.928. The number of carbonyl (C=O) groups is 3. The lowest BCUT2D eigenvalue weighted by atomic mass is 10.1. The highest BCUT2D eigenvalue weighted by molar-refractivity contribution is 5.66. The molecular weight excluding hydrogens is 410 g/mol. The molecule has 0 saturated carbocycles. The van der Waals surface area contributed by atoms with Crippen LogP contribution in [0.5, 0.6) is 0 Å². The molecule has 0 radical (unpaired) electrons. The first-order valence-electron chi connectivity index (χ1n) is 12.4. The van der Waals surface area contributed by atoms with Crippen LogP contribution in [-0.2, 0) is 14.4 Å². The Morgan fingerprint density at radius 3 is 1.62 bits per heavy atom. The van der Waals surface area contributed by atoms with Crippen LogP contribution in [0.2, 0.25) is 0 Å². The van der Waals surface area contributed by atoms with Gasteiger partial charge in [-0.05, 0) is 57.8 Å². The van der Waals surface area contributed by atoms with Gasteiger partial charge in [0.1, 0.15) is 0 Å². The van der Waals surface area contributed by atoms with E-state index in [0.717, 1.165) is 62.8 Å². The van der Waals surface area contributed by atoms with Crippen molar-refractivity contribution in [1.29, 1.82) is 0 Å². The van der Waals surface area contributed by atoms with E-state index in [1.807, 2.05) is 0 Å². The van der Waals surface area contributed by atoms with Crippen molar-refractivity contribution >= 4 is 17.9 Å². The third-order valence-corrected chi connectivity index (χ3v) is 5.97. The fourth-order valence-corrected chi connectivity index (χ4v) is 4.11. The molecule has 7 heteroatoms. The van der Waals surface area contributed by atoms with Crippen molar-refractivity contribution in [3.63, 3.8) is 0 Å². The minimum Gasteiger partial charge on any atom is -0.550 e. The highest BCUT2D eigenvalue weighted by Crippen LogP contribution is 2.18. The Hall–Kier alpha value is -1.89. The Balaban J connectivity index is 4.93. The van der Waals surface area contributed by atoms with Gasteiger partial charge >= 0.3 is 11.9 Å². The maximum atomic E-state index is 10.9. The summed E-state index contributed by atoms with van der Waals surface area (Å²) in [5, 5.41) is 28.7. The number of carboxylic acid groups (broad SMARTS) is 3. The topological polar surface area (TPSA) is 115 Å². The fraction of sp³-hybridized carbons (Fsp3) is 0.800. The molecule has 0 aliphatic heterocycles. The van der Waals surface area contributed by atoms with Crippen LogP contribution in [0, 0.1) is 0 Å². The number of rotatable bonds is 23. The van der Waals surface area contributed by atoms with E-state index < -0.39 is 17.9 Å². The van der Waals surface area contributed by atoms with Crippen molar-refractivity contribution in [2.24, 2.45) is 0 Å². The molecule has 0 amide bonds. The van der Waals surface area contributed by atoms with E-state index in [-0.39, 0.29) is 19.3 Å². The molecule has 0 aliphatic carbocycles. The molecule has 0 unspecified atom stereocenters. The van der Waals surface area contributed by atoms with E-state index in [2.05, 4.69) is 19.1 Å². The first-order valence-corrected chi connectivity index (χ1v) is 12.4. The molecule has 32 heavy (non-hydrogen) atoms. The molecule has 0 saturated heterocycles. The summed E-state index contributed by atoms with van der Waals surface area (Å²) >= 11 is 0. The second-order valence-corrected chi connectivity index (χ2v) is 8.88. The number of hydrogen-bond acceptors (Lipinski definition) is 4. The average Bonchev–Trinajstić information content (AvgIpc) is 2.73. The summed E-state index contributed by atoms with van der Waals surface area (Å²) in [6.07, 6.45) is 16.0. The Morgan fingerprint density at radius 1 is 0.656 bits per heavy atom. The molecule has 0 rings (SSSR count). The van der Waals surface area contributed by atoms with Crippen LogP contribution in [-0.4, -0.2) is 58.8 Å². The van der Waals surface area contributed by atoms with Gasteiger partial charge in [-0.25, -0.2) is 0 Å². The van der Waals surface area contributed by atoms with Gasteiger partial charge in [-0.3, -0.25) is 9.59 Å². The lowest BCUT2D eigenvalue weighted by Crippen LogP contribution is -2.50. The fourth-order valence-electron chi connectivity index (χ4n) is 4.11. The molecule has 0 aromatic carbocycles. The van der Waals surface area contributed by atoms with E-state index in [0.29, 0.717) is 19.3 Å². The number of quaternary nitrogens is 1. The quantitative estimate of drug-likeness (QED) is 0.136. The van der Waals surface area contributed by atoms with Crippen molar-refractivity contribution in [1.82, 2.24) is 0 Å². The molecule has 2 N–H and O–H groups in total. The van der Waals surface area contributed by atoms with Crippen molar-refractivity contribution in [3.8, 4) is 0 Å². The van der Waals surface area contributed by atoms with Crippen LogP contribution in [0.4, 0.5) is 0 Å². The van der Waals surface area contributed by atoms with Gasteiger partial charge < -0.3 is 24.6 Å². The van der Waals surface area contributed by atoms with Crippen molar-refractivity contribution < 1.29 is 34.2 Å². The number of nitrogens with zero attached hydrogens (tertiary/aromatic N) is 1. The average molecular weight is 456 g/mol. The van der Waals surface area contributed by atoms with Gasteiger partial charge in [0, 0.05) is 25.2 Å². The standard InChI is InChI=1S/C25H45NO6/c1-2-3-4-5-6-7-8-12-19-26(20-13-9-16-23(27)28,21-14-10-17-24(29)30)22-15-11-18-25(31)32/h7-8H,2-6,9-22H2,1H3,(H2-,27,28,29,30,31,32)/b8-7+. The third-order valence-electron chi connectivity index (χ3n) is 5.97. The molecular formula is C25H45NO6. The molecule has 0 spiro atoms. The summed E-state index contributed by atoms with van der Waals surface area (Å²) in [6.45, 7) is 5.63. The summed E-state index contributed by atoms with van der Waals surface area (Å²) in [7, 11) is 0. The smallest absolute Gasteiger partial charge is 0.303 e. The highest BCUT2D eigenvalue weighted by atomic mass is 16.4. The first kappa shape index (κ1) is 30.1. The van der Waals surface area contributed by atoms with Gasteiger partial charge in [-0.2, -0.15) is 0 Å². The normalized spacial score (nSPS) is 11.8. The summed E-state index contributed by atoms with van der Waals surface area (Å²) in [5.41, 5.74) is 0. The van der Waals surface area contributed by atoms with E-state index in [1.165, 1.54) is 25.7 Å². The number of hydrogen-bond donors (Lipinski definition) is 2. The summed E-state index contributed by atoms with van der Waals surface area (Å²) < 4.78 is 0.798. The maximum absolute atomic E-state index is 10.9. The largest absolute Gasteiger partial charge is 0.550 e. The zero-order valence-electron chi connectivity index (χ0n) is 20.1. The van der Waals surface area contributed by atoms with Gasteiger partial charge in [0.2, 0.25) is 0 Å². The second kappa shape index (κ2) is 19.8. The van der Waals surface area contributed by atoms with Gasteiger partial charge in [0.05, 0.1) is 26.2 Å². The summed E-state index contributed by atoms with van der Waals surface area (Å²) in [5.74, 6) is -2.61. The van der Waals surface area contributed by atoms with Crippen molar-refractivity contribution in [2.45, 2.75) is 103 Å². The third kappa shape index (κ3) is 18.8. The van der Waals surface area contributed by atoms with Gasteiger partial charge in [-0.1, -0.05) is 38.3 Å². The van der Waals surface area contributed by atoms with Crippen LogP contribution in [0.1, 0.15) is 103 Å². The number of carbonyl (C=O) groups excluding carboxylic acids is 1. The predicted octanol–water partition coefficient (Wildman–Crippen LogP) is 4.15. The van der Waals surface area contributed by atoms with Crippen LogP contribution < -0.4 is 5.11 Å². The Bertz CT molecular complexity index is 491. The van der Waals surface area contributed by atoms with E-state index in [9.17, 15) is 19.5 Å². The number of unbranched alkanes of at least 4 members (excludes halogenated alkanes) is 7. The molecule has 0 aromatic rings. The second-order valence-electron chi connectivity index (χ2n) is 8.88. The van der Waals surface area contributed by atoms with Crippen LogP contribution in [0.25, 0.3) is 0 Å². The highest BCUT2D eigenvalue weighted by Gasteiger charge is 2.25. The van der Waals surface area contributed by atoms with Crippen LogP contribution in [0.15, 0.2) is 12.2 Å². The predicted molar refractivity (Wildman–Crippen MR) is 124 cm³/mol. The van der Waals surface area contributed by atoms with Crippen molar-refractivity contribution in [3.05, 3.63) is 12.2 Å². The number of aliphatic carboxylic acids is 3. The molecule has 0 aromatic heterocycles. The summed E-state index contributed by atoms with van der Waals surface area (Å²) in [4.78, 5) is 32.5. The summed E-state index contributed by atoms with van der Waals surface area (Å²) in [6, 6.07) is 0. The van der Waals surface area contributed by atoms with E-state index in [1.54, 1.807) is 0 Å². The monoisotopic (exact) mass is 455 g/mol. The SMILES string of the molecule is CCCCCC/C=C/CC[N+](CCCCC(=O)[O-])(CCCCC(=O)O)CCCCC(=O)O.